The van der Waals surface area contributed by atoms with E-state index in [1.54, 1.807) is 19.2 Å². The van der Waals surface area contributed by atoms with Crippen molar-refractivity contribution in [2.75, 3.05) is 7.05 Å². The van der Waals surface area contributed by atoms with Gasteiger partial charge in [-0.25, -0.2) is 9.79 Å². The summed E-state index contributed by atoms with van der Waals surface area (Å²) in [6.45, 7) is 0.428. The first-order valence-electron chi connectivity index (χ1n) is 9.96. The summed E-state index contributed by atoms with van der Waals surface area (Å²) in [5.74, 6) is -0.465. The third kappa shape index (κ3) is 5.63. The number of benzene rings is 3. The predicted molar refractivity (Wildman–Crippen MR) is 139 cm³/mol. The highest BCUT2D eigenvalue weighted by atomic mass is 127. The van der Waals surface area contributed by atoms with Crippen LogP contribution in [-0.4, -0.2) is 34.1 Å². The summed E-state index contributed by atoms with van der Waals surface area (Å²) in [4.78, 5) is 30.4. The summed E-state index contributed by atoms with van der Waals surface area (Å²) in [6.07, 6.45) is 1.81. The molecule has 0 atom stereocenters. The van der Waals surface area contributed by atoms with E-state index in [1.165, 1.54) is 28.8 Å². The Labute approximate surface area is 209 Å². The Kier molecular flexibility index (Phi) is 7.14. The smallest absolute Gasteiger partial charge is 0.335 e. The van der Waals surface area contributed by atoms with Crippen LogP contribution in [0.15, 0.2) is 82.7 Å². The molecule has 0 aromatic heterocycles. The van der Waals surface area contributed by atoms with Crippen LogP contribution in [0.25, 0.3) is 6.08 Å². The van der Waals surface area contributed by atoms with Gasteiger partial charge in [-0.15, -0.1) is 0 Å². The number of likely N-dealkylation sites (N-methyl/N-ethyl adjacent to an activating group) is 1. The minimum absolute atomic E-state index is 0.159. The number of amides is 1. The van der Waals surface area contributed by atoms with E-state index in [4.69, 9.17) is 9.84 Å². The average molecular weight is 570 g/mol. The molecule has 1 N–H and O–H groups in total. The molecule has 0 aliphatic carbocycles. The van der Waals surface area contributed by atoms with E-state index in [1.807, 2.05) is 54.6 Å². The lowest BCUT2D eigenvalue weighted by Crippen LogP contribution is -2.23. The number of carboxylic acid groups (broad SMARTS) is 1. The molecule has 166 valence electrons. The summed E-state index contributed by atoms with van der Waals surface area (Å²) in [7, 11) is 1.67. The van der Waals surface area contributed by atoms with Crippen molar-refractivity contribution in [3.05, 3.63) is 98.0 Å². The number of carbonyl (C=O) groups is 2. The molecule has 0 spiro atoms. The second kappa shape index (κ2) is 10.2. The Morgan fingerprint density at radius 1 is 1.09 bits per heavy atom. The fourth-order valence-electron chi connectivity index (χ4n) is 3.05. The third-order valence-electron chi connectivity index (χ3n) is 4.86. The molecular formula is C25H19IN2O4S. The number of aliphatic imine (C=N–C) groups is 1. The summed E-state index contributed by atoms with van der Waals surface area (Å²) in [5, 5.41) is 9.56. The number of ether oxygens (including phenoxy) is 1. The Morgan fingerprint density at radius 2 is 1.79 bits per heavy atom. The van der Waals surface area contributed by atoms with Crippen LogP contribution in [0.4, 0.5) is 5.69 Å². The maximum absolute atomic E-state index is 12.8. The van der Waals surface area contributed by atoms with Crippen LogP contribution >= 0.6 is 34.4 Å². The highest BCUT2D eigenvalue weighted by Gasteiger charge is 2.30. The molecule has 1 saturated heterocycles. The zero-order valence-electron chi connectivity index (χ0n) is 17.6. The van der Waals surface area contributed by atoms with Crippen molar-refractivity contribution < 1.29 is 19.4 Å². The molecule has 3 aromatic rings. The zero-order chi connectivity index (χ0) is 23.4. The number of rotatable bonds is 6. The van der Waals surface area contributed by atoms with Crippen LogP contribution in [0, 0.1) is 3.57 Å². The topological polar surface area (TPSA) is 79.2 Å². The molecule has 1 aliphatic heterocycles. The monoisotopic (exact) mass is 570 g/mol. The first-order valence-corrected chi connectivity index (χ1v) is 11.9. The van der Waals surface area contributed by atoms with Gasteiger partial charge in [0.15, 0.2) is 5.17 Å². The number of hydrogen-bond donors (Lipinski definition) is 1. The van der Waals surface area contributed by atoms with Gasteiger partial charge in [0.25, 0.3) is 5.91 Å². The van der Waals surface area contributed by atoms with Gasteiger partial charge < -0.3 is 9.84 Å². The van der Waals surface area contributed by atoms with Crippen molar-refractivity contribution >= 4 is 63.2 Å². The van der Waals surface area contributed by atoms with E-state index in [-0.39, 0.29) is 11.5 Å². The molecule has 1 amide bonds. The summed E-state index contributed by atoms with van der Waals surface area (Å²) in [6, 6.07) is 21.9. The van der Waals surface area contributed by atoms with Crippen molar-refractivity contribution in [3.63, 3.8) is 0 Å². The van der Waals surface area contributed by atoms with Crippen LogP contribution in [0.3, 0.4) is 0 Å². The van der Waals surface area contributed by atoms with E-state index in [2.05, 4.69) is 27.6 Å². The van der Waals surface area contributed by atoms with Gasteiger partial charge in [0.05, 0.1) is 16.2 Å². The number of carbonyl (C=O) groups excluding carboxylic acids is 1. The number of amidine groups is 1. The summed E-state index contributed by atoms with van der Waals surface area (Å²) >= 11 is 3.53. The molecule has 1 fully saturated rings. The first-order chi connectivity index (χ1) is 15.9. The molecule has 1 heterocycles. The summed E-state index contributed by atoms with van der Waals surface area (Å²) in [5.41, 5.74) is 2.63. The molecule has 6 nitrogen and oxygen atoms in total. The Bertz CT molecular complexity index is 1250. The standard InChI is InChI=1S/C25H19IN2O4S/c1-28-23(29)22(33-25(28)27-20-12-8-17(9-13-20)24(30)31)14-18-4-2-3-5-21(18)32-15-16-6-10-19(26)11-7-16/h2-14H,15H2,1H3,(H,30,31)/b22-14-,27-25?. The number of aromatic carboxylic acids is 1. The van der Waals surface area contributed by atoms with Gasteiger partial charge in [-0.1, -0.05) is 30.3 Å². The molecule has 0 unspecified atom stereocenters. The maximum atomic E-state index is 12.8. The molecule has 3 aromatic carbocycles. The van der Waals surface area contributed by atoms with Crippen molar-refractivity contribution in [1.29, 1.82) is 0 Å². The van der Waals surface area contributed by atoms with E-state index >= 15 is 0 Å². The normalized spacial score (nSPS) is 15.9. The van der Waals surface area contributed by atoms with Gasteiger partial charge in [0.1, 0.15) is 12.4 Å². The SMILES string of the molecule is CN1C(=O)/C(=C/c2ccccc2OCc2ccc(I)cc2)SC1=Nc1ccc(C(=O)O)cc1. The van der Waals surface area contributed by atoms with Gasteiger partial charge in [0.2, 0.25) is 0 Å². The lowest BCUT2D eigenvalue weighted by Gasteiger charge is -2.10. The Balaban J connectivity index is 1.53. The average Bonchev–Trinajstić information content (AvgIpc) is 3.07. The van der Waals surface area contributed by atoms with E-state index < -0.39 is 5.97 Å². The second-order valence-corrected chi connectivity index (χ2v) is 9.43. The van der Waals surface area contributed by atoms with E-state index in [9.17, 15) is 9.59 Å². The molecule has 1 aliphatic rings. The van der Waals surface area contributed by atoms with Gasteiger partial charge in [-0.05, 0) is 88.5 Å². The van der Waals surface area contributed by atoms with Gasteiger partial charge in [-0.3, -0.25) is 9.69 Å². The number of carboxylic acids is 1. The lowest BCUT2D eigenvalue weighted by atomic mass is 10.2. The summed E-state index contributed by atoms with van der Waals surface area (Å²) < 4.78 is 7.19. The minimum atomic E-state index is -0.995. The van der Waals surface area contributed by atoms with Crippen molar-refractivity contribution in [3.8, 4) is 5.75 Å². The number of para-hydroxylation sites is 1. The van der Waals surface area contributed by atoms with Crippen molar-refractivity contribution in [2.24, 2.45) is 4.99 Å². The largest absolute Gasteiger partial charge is 0.488 e. The number of halogens is 1. The quantitative estimate of drug-likeness (QED) is 0.299. The van der Waals surface area contributed by atoms with E-state index in [0.29, 0.717) is 28.1 Å². The lowest BCUT2D eigenvalue weighted by molar-refractivity contribution is -0.121. The first kappa shape index (κ1) is 23.1. The van der Waals surface area contributed by atoms with Crippen LogP contribution < -0.4 is 4.74 Å². The molecular weight excluding hydrogens is 551 g/mol. The van der Waals surface area contributed by atoms with Crippen LogP contribution in [-0.2, 0) is 11.4 Å². The van der Waals surface area contributed by atoms with E-state index in [0.717, 1.165) is 14.7 Å². The molecule has 33 heavy (non-hydrogen) atoms. The number of nitrogens with zero attached hydrogens (tertiary/aromatic N) is 2. The minimum Gasteiger partial charge on any atom is -0.488 e. The molecule has 0 saturated carbocycles. The molecule has 8 heteroatoms. The fourth-order valence-corrected chi connectivity index (χ4v) is 4.39. The number of thioether (sulfide) groups is 1. The van der Waals surface area contributed by atoms with Gasteiger partial charge >= 0.3 is 5.97 Å². The molecule has 0 bridgehead atoms. The highest BCUT2D eigenvalue weighted by molar-refractivity contribution is 14.1. The zero-order valence-corrected chi connectivity index (χ0v) is 20.5. The number of hydrogen-bond acceptors (Lipinski definition) is 5. The van der Waals surface area contributed by atoms with Crippen molar-refractivity contribution in [1.82, 2.24) is 4.90 Å². The Hall–Kier alpha value is -3.11. The maximum Gasteiger partial charge on any atom is 0.335 e. The predicted octanol–water partition coefficient (Wildman–Crippen LogP) is 5.80. The van der Waals surface area contributed by atoms with Crippen LogP contribution in [0.5, 0.6) is 5.75 Å². The fraction of sp³-hybridized carbons (Fsp3) is 0.0800. The highest BCUT2D eigenvalue weighted by Crippen LogP contribution is 2.34. The second-order valence-electron chi connectivity index (χ2n) is 7.17. The van der Waals surface area contributed by atoms with Crippen molar-refractivity contribution in [2.45, 2.75) is 6.61 Å². The van der Waals surface area contributed by atoms with Crippen LogP contribution in [0.1, 0.15) is 21.5 Å². The van der Waals surface area contributed by atoms with Gasteiger partial charge in [-0.2, -0.15) is 0 Å². The molecule has 4 rings (SSSR count). The van der Waals surface area contributed by atoms with Crippen LogP contribution in [0.2, 0.25) is 0 Å². The molecule has 0 radical (unpaired) electrons. The van der Waals surface area contributed by atoms with Gasteiger partial charge in [0, 0.05) is 16.2 Å². The third-order valence-corrected chi connectivity index (χ3v) is 6.64. The Morgan fingerprint density at radius 3 is 2.48 bits per heavy atom.